The lowest BCUT2D eigenvalue weighted by Gasteiger charge is -2.30. The molecule has 73 heavy (non-hydrogen) atoms. The molecule has 1 aromatic rings. The fourth-order valence-corrected chi connectivity index (χ4v) is 8.32. The van der Waals surface area contributed by atoms with Gasteiger partial charge in [-0.05, 0) is 104 Å². The van der Waals surface area contributed by atoms with Gasteiger partial charge in [-0.2, -0.15) is 0 Å². The van der Waals surface area contributed by atoms with E-state index in [2.05, 4.69) is 52.2 Å². The highest BCUT2D eigenvalue weighted by Gasteiger charge is 2.63. The second-order valence-electron chi connectivity index (χ2n) is 18.3. The smallest absolute Gasteiger partial charge is 0.326 e. The van der Waals surface area contributed by atoms with Gasteiger partial charge in [-0.25, -0.2) is 9.78 Å². The number of hydrogen-bond acceptors (Lipinski definition) is 17. The van der Waals surface area contributed by atoms with Crippen LogP contribution in [0.1, 0.15) is 102 Å². The normalized spacial score (nSPS) is 19.8. The van der Waals surface area contributed by atoms with Crippen LogP contribution >= 0.6 is 0 Å². The average Bonchev–Trinajstić information content (AvgIpc) is 3.65. The summed E-state index contributed by atoms with van der Waals surface area (Å²) in [6, 6.07) is -8.72. The molecule has 2 unspecified atom stereocenters. The first-order valence-electron chi connectivity index (χ1n) is 24.7. The number of unbranched alkanes of at least 4 members (excludes halogenated alkanes) is 2. The highest BCUT2D eigenvalue weighted by molar-refractivity contribution is 6.01. The molecule has 1 saturated heterocycles. The van der Waals surface area contributed by atoms with Gasteiger partial charge in [0, 0.05) is 37.4 Å². The fraction of sp³-hybridized carbons (Fsp3) is 0.705. The zero-order valence-corrected chi connectivity index (χ0v) is 41.4. The summed E-state index contributed by atoms with van der Waals surface area (Å²) >= 11 is 0. The Balaban J connectivity index is 1.72. The van der Waals surface area contributed by atoms with E-state index in [1.807, 2.05) is 0 Å². The zero-order valence-electron chi connectivity index (χ0n) is 41.4. The van der Waals surface area contributed by atoms with Crippen LogP contribution in [0.5, 0.6) is 0 Å². The van der Waals surface area contributed by atoms with Crippen LogP contribution in [0.2, 0.25) is 0 Å². The molecule has 1 aliphatic heterocycles. The molecule has 10 atom stereocenters. The first-order chi connectivity index (χ1) is 34.7. The van der Waals surface area contributed by atoms with Gasteiger partial charge in [-0.1, -0.05) is 6.42 Å². The predicted molar refractivity (Wildman–Crippen MR) is 265 cm³/mol. The van der Waals surface area contributed by atoms with Crippen LogP contribution in [0, 0.1) is 0 Å². The number of nitrogens with zero attached hydrogens (tertiary/aromatic N) is 3. The number of amides is 8. The number of likely N-dealkylation sites (tertiary alicyclic amines) is 1. The van der Waals surface area contributed by atoms with Gasteiger partial charge in [-0.3, -0.25) is 43.3 Å². The standard InChI is InChI=1S/C44H78N18O11/c1-24(56-39(69)34(32(63)20-48)60-36(66)26(49)9-2-4-14-45)35(65)54-22-33(64)57-28(11-6-16-47)40(70)62-18-8-13-31(62)38(68)61-44(19-25(44)30-21-52-23-55-30)42(73)59-27(10-3-5-15-46)37(67)58-29(41(71)72)12-7-17-53-43(50)51/h21,23-29,31-32,34,63H,2-20,22,45-49H2,1H3,(H,52,55)(H,54,65)(H,56,69)(H,57,64)(H,58,67)(H,59,73)(H,60,66)(H,61,68)(H,71,72)(H4,50,51,53)/t24-,25?,26-,27-,28+,29+,31-,32-,34-,44?/m0/s1. The lowest BCUT2D eigenvalue weighted by molar-refractivity contribution is -0.143. The van der Waals surface area contributed by atoms with Crippen molar-refractivity contribution in [2.75, 3.05) is 45.8 Å². The molecule has 8 amide bonds. The number of guanidine groups is 1. The molecule has 0 radical (unpaired) electrons. The Morgan fingerprint density at radius 3 is 2.08 bits per heavy atom. The first-order valence-corrected chi connectivity index (χ1v) is 24.7. The second kappa shape index (κ2) is 30.5. The number of carbonyl (C=O) groups is 9. The summed E-state index contributed by atoms with van der Waals surface area (Å²) in [6.45, 7) is 1.31. The molecule has 1 aromatic heterocycles. The maximum absolute atomic E-state index is 14.4. The third kappa shape index (κ3) is 18.8. The Hall–Kier alpha value is -6.53. The number of aromatic amines is 1. The molecule has 0 aromatic carbocycles. The highest BCUT2D eigenvalue weighted by Crippen LogP contribution is 2.51. The maximum atomic E-state index is 14.4. The summed E-state index contributed by atoms with van der Waals surface area (Å²) in [5.41, 5.74) is 38.1. The largest absolute Gasteiger partial charge is 0.480 e. The van der Waals surface area contributed by atoms with E-state index in [4.69, 9.17) is 40.1 Å². The summed E-state index contributed by atoms with van der Waals surface area (Å²) in [5, 5.41) is 38.1. The molecule has 410 valence electrons. The van der Waals surface area contributed by atoms with Crippen molar-refractivity contribution in [1.82, 2.24) is 52.1 Å². The van der Waals surface area contributed by atoms with Crippen LogP contribution in [0.3, 0.4) is 0 Å². The van der Waals surface area contributed by atoms with Gasteiger partial charge in [-0.15, -0.1) is 0 Å². The number of aliphatic hydroxyl groups is 1. The molecule has 29 nitrogen and oxygen atoms in total. The lowest BCUT2D eigenvalue weighted by atomic mass is 10.0. The summed E-state index contributed by atoms with van der Waals surface area (Å²) < 4.78 is 0. The Kier molecular flexibility index (Phi) is 25.4. The van der Waals surface area contributed by atoms with Crippen LogP contribution < -0.4 is 77.4 Å². The summed E-state index contributed by atoms with van der Waals surface area (Å²) in [4.78, 5) is 133. The number of aromatic nitrogens is 2. The molecule has 0 spiro atoms. The molecular formula is C44H78N18O11. The molecule has 1 saturated carbocycles. The van der Waals surface area contributed by atoms with Crippen LogP contribution in [-0.4, -0.2) is 184 Å². The van der Waals surface area contributed by atoms with E-state index in [-0.39, 0.29) is 77.0 Å². The molecule has 29 heteroatoms. The quantitative estimate of drug-likeness (QED) is 0.0173. The van der Waals surface area contributed by atoms with Crippen LogP contribution in [-0.2, 0) is 43.2 Å². The number of carboxylic acid groups (broad SMARTS) is 1. The number of H-pyrrole nitrogens is 1. The molecule has 0 bridgehead atoms. The number of hydrogen-bond donors (Lipinski definition) is 17. The number of carboxylic acids is 1. The molecule has 2 aliphatic rings. The number of rotatable bonds is 34. The SMILES string of the molecule is C[C@H](NC(=O)[C@@H](NC(=O)[C@@H](N)CCCCN)[C@@H](O)CN)C(=O)NCC(=O)N[C@H](CCCN)C(=O)N1CCC[C@H]1C(=O)NC1(C(=O)N[C@@H](CCCCN)C(=O)N[C@H](CCCN=C(N)N)C(=O)O)CC1c1cnc[nH]1. The van der Waals surface area contributed by atoms with Crippen molar-refractivity contribution in [3.05, 3.63) is 18.2 Å². The van der Waals surface area contributed by atoms with Crippen LogP contribution in [0.4, 0.5) is 0 Å². The molecule has 3 rings (SSSR count). The van der Waals surface area contributed by atoms with Crippen molar-refractivity contribution in [2.45, 2.75) is 150 Å². The number of aliphatic carboxylic acids is 1. The minimum Gasteiger partial charge on any atom is -0.480 e. The lowest BCUT2D eigenvalue weighted by Crippen LogP contribution is -2.60. The van der Waals surface area contributed by atoms with E-state index in [9.17, 15) is 53.4 Å². The summed E-state index contributed by atoms with van der Waals surface area (Å²) in [5.74, 6) is -8.23. The van der Waals surface area contributed by atoms with Gasteiger partial charge in [0.05, 0.1) is 25.0 Å². The van der Waals surface area contributed by atoms with Crippen LogP contribution in [0.15, 0.2) is 17.5 Å². The Labute approximate surface area is 423 Å². The number of imidazole rings is 1. The summed E-state index contributed by atoms with van der Waals surface area (Å²) in [7, 11) is 0. The maximum Gasteiger partial charge on any atom is 0.326 e. The van der Waals surface area contributed by atoms with E-state index < -0.39 is 126 Å². The fourth-order valence-electron chi connectivity index (χ4n) is 8.32. The molecule has 1 aliphatic carbocycles. The Morgan fingerprint density at radius 1 is 0.808 bits per heavy atom. The zero-order chi connectivity index (χ0) is 54.3. The minimum atomic E-state index is -1.63. The van der Waals surface area contributed by atoms with Gasteiger partial charge in [0.1, 0.15) is 41.8 Å². The molecule has 24 N–H and O–H groups in total. The molecule has 2 fully saturated rings. The van der Waals surface area contributed by atoms with Gasteiger partial charge < -0.3 is 97.5 Å². The number of aliphatic imine (C=N–C) groups is 1. The first kappa shape index (κ1) is 60.8. The van der Waals surface area contributed by atoms with Crippen molar-refractivity contribution in [3.63, 3.8) is 0 Å². The van der Waals surface area contributed by atoms with Crippen molar-refractivity contribution in [2.24, 2.45) is 45.1 Å². The average molecular weight is 1040 g/mol. The predicted octanol–water partition coefficient (Wildman–Crippen LogP) is -6.91. The Morgan fingerprint density at radius 2 is 1.47 bits per heavy atom. The monoisotopic (exact) mass is 1030 g/mol. The number of nitrogens with one attached hydrogen (secondary N) is 8. The van der Waals surface area contributed by atoms with Crippen molar-refractivity contribution in [3.8, 4) is 0 Å². The third-order valence-electron chi connectivity index (χ3n) is 12.6. The molecular weight excluding hydrogens is 957 g/mol. The van der Waals surface area contributed by atoms with Gasteiger partial charge >= 0.3 is 5.97 Å². The van der Waals surface area contributed by atoms with E-state index >= 15 is 0 Å². The van der Waals surface area contributed by atoms with Crippen LogP contribution in [0.25, 0.3) is 0 Å². The number of aliphatic hydroxyl groups excluding tert-OH is 1. The number of nitrogens with two attached hydrogens (primary N) is 7. The highest BCUT2D eigenvalue weighted by atomic mass is 16.4. The van der Waals surface area contributed by atoms with Gasteiger partial charge in [0.15, 0.2) is 5.96 Å². The van der Waals surface area contributed by atoms with E-state index in [0.29, 0.717) is 50.9 Å². The molecule has 2 heterocycles. The second-order valence-corrected chi connectivity index (χ2v) is 18.3. The Bertz CT molecular complexity index is 2040. The summed E-state index contributed by atoms with van der Waals surface area (Å²) in [6.07, 6.45) is 4.97. The topological polar surface area (TPSA) is 505 Å². The van der Waals surface area contributed by atoms with E-state index in [0.717, 1.165) is 0 Å². The van der Waals surface area contributed by atoms with Crippen molar-refractivity contribution < 1.29 is 53.4 Å². The van der Waals surface area contributed by atoms with Crippen molar-refractivity contribution >= 4 is 59.2 Å². The minimum absolute atomic E-state index is 0.0190. The van der Waals surface area contributed by atoms with Gasteiger partial charge in [0.2, 0.25) is 47.3 Å². The van der Waals surface area contributed by atoms with Gasteiger partial charge in [0.25, 0.3) is 0 Å². The third-order valence-corrected chi connectivity index (χ3v) is 12.6. The van der Waals surface area contributed by atoms with E-state index in [1.54, 1.807) is 0 Å². The van der Waals surface area contributed by atoms with E-state index in [1.165, 1.54) is 24.3 Å². The number of carbonyl (C=O) groups excluding carboxylic acids is 8. The van der Waals surface area contributed by atoms with Crippen molar-refractivity contribution in [1.29, 1.82) is 0 Å².